The number of carbonyl (C=O) groups is 1. The molecular weight excluding hydrogens is 347 g/mol. The van der Waals surface area contributed by atoms with Gasteiger partial charge in [-0.3, -0.25) is 9.69 Å². The van der Waals surface area contributed by atoms with E-state index in [1.54, 1.807) is 13.2 Å². The van der Waals surface area contributed by atoms with Gasteiger partial charge in [0.05, 0.1) is 20.3 Å². The van der Waals surface area contributed by atoms with E-state index in [0.717, 1.165) is 37.2 Å². The maximum Gasteiger partial charge on any atom is 0.251 e. The van der Waals surface area contributed by atoms with Crippen molar-refractivity contribution >= 4 is 5.91 Å². The number of rotatable bonds is 7. The summed E-state index contributed by atoms with van der Waals surface area (Å²) < 4.78 is 24.0. The van der Waals surface area contributed by atoms with E-state index in [-0.39, 0.29) is 23.3 Å². The molecule has 5 nitrogen and oxygen atoms in total. The molecule has 0 aromatic heterocycles. The maximum absolute atomic E-state index is 13.9. The zero-order valence-electron chi connectivity index (χ0n) is 15.7. The van der Waals surface area contributed by atoms with Crippen molar-refractivity contribution in [3.63, 3.8) is 0 Å². The van der Waals surface area contributed by atoms with Crippen LogP contribution in [0.3, 0.4) is 0 Å². The third-order valence-corrected chi connectivity index (χ3v) is 4.95. The van der Waals surface area contributed by atoms with Gasteiger partial charge in [-0.15, -0.1) is 0 Å². The molecule has 3 rings (SSSR count). The van der Waals surface area contributed by atoms with Crippen LogP contribution in [0.15, 0.2) is 42.5 Å². The van der Waals surface area contributed by atoms with Crippen LogP contribution in [-0.4, -0.2) is 44.7 Å². The third-order valence-electron chi connectivity index (χ3n) is 4.95. The van der Waals surface area contributed by atoms with E-state index in [0.29, 0.717) is 6.54 Å². The zero-order chi connectivity index (χ0) is 19.2. The number of nitrogens with zero attached hydrogens (tertiary/aromatic N) is 1. The molecule has 0 saturated carbocycles. The van der Waals surface area contributed by atoms with Crippen molar-refractivity contribution in [3.05, 3.63) is 59.4 Å². The second-order valence-corrected chi connectivity index (χ2v) is 6.59. The molecular formula is C21H25FN2O3. The molecule has 27 heavy (non-hydrogen) atoms. The zero-order valence-corrected chi connectivity index (χ0v) is 15.7. The van der Waals surface area contributed by atoms with Crippen molar-refractivity contribution in [2.45, 2.75) is 18.9 Å². The topological polar surface area (TPSA) is 50.8 Å². The molecule has 0 radical (unpaired) electrons. The number of hydrogen-bond donors (Lipinski definition) is 1. The summed E-state index contributed by atoms with van der Waals surface area (Å²) in [6.07, 6.45) is 2.31. The number of nitrogens with one attached hydrogen (secondary N) is 1. The van der Waals surface area contributed by atoms with Gasteiger partial charge in [0.1, 0.15) is 5.75 Å². The summed E-state index contributed by atoms with van der Waals surface area (Å²) in [5.41, 5.74) is 1.40. The summed E-state index contributed by atoms with van der Waals surface area (Å²) >= 11 is 0. The summed E-state index contributed by atoms with van der Waals surface area (Å²) in [4.78, 5) is 14.9. The Morgan fingerprint density at radius 3 is 2.41 bits per heavy atom. The van der Waals surface area contributed by atoms with Gasteiger partial charge in [0.25, 0.3) is 5.91 Å². The van der Waals surface area contributed by atoms with E-state index in [9.17, 15) is 9.18 Å². The first kappa shape index (κ1) is 19.2. The number of ether oxygens (including phenoxy) is 2. The van der Waals surface area contributed by atoms with Crippen molar-refractivity contribution < 1.29 is 18.7 Å². The first-order valence-corrected chi connectivity index (χ1v) is 9.12. The van der Waals surface area contributed by atoms with Gasteiger partial charge < -0.3 is 14.8 Å². The molecule has 1 amide bonds. The number of hydrogen-bond acceptors (Lipinski definition) is 4. The molecule has 1 aliphatic heterocycles. The van der Waals surface area contributed by atoms with Gasteiger partial charge in [0.15, 0.2) is 11.6 Å². The van der Waals surface area contributed by atoms with E-state index in [1.165, 1.54) is 19.2 Å². The highest BCUT2D eigenvalue weighted by atomic mass is 19.1. The smallest absolute Gasteiger partial charge is 0.251 e. The van der Waals surface area contributed by atoms with Gasteiger partial charge in [0, 0.05) is 12.1 Å². The Labute approximate surface area is 159 Å². The molecule has 1 N–H and O–H groups in total. The number of amides is 1. The normalized spacial score (nSPS) is 15.4. The van der Waals surface area contributed by atoms with Gasteiger partial charge in [-0.1, -0.05) is 12.1 Å². The van der Waals surface area contributed by atoms with Gasteiger partial charge in [-0.05, 0) is 61.8 Å². The first-order valence-electron chi connectivity index (χ1n) is 9.12. The summed E-state index contributed by atoms with van der Waals surface area (Å²) in [5.74, 6) is 0.0852. The highest BCUT2D eigenvalue weighted by molar-refractivity contribution is 5.94. The van der Waals surface area contributed by atoms with Crippen LogP contribution < -0.4 is 14.8 Å². The van der Waals surface area contributed by atoms with Gasteiger partial charge in [-0.25, -0.2) is 4.39 Å². The van der Waals surface area contributed by atoms with E-state index in [2.05, 4.69) is 10.2 Å². The van der Waals surface area contributed by atoms with Crippen LogP contribution in [0.5, 0.6) is 11.5 Å². The van der Waals surface area contributed by atoms with E-state index in [1.807, 2.05) is 24.3 Å². The summed E-state index contributed by atoms with van der Waals surface area (Å²) in [5, 5.41) is 2.95. The van der Waals surface area contributed by atoms with Gasteiger partial charge in [0.2, 0.25) is 0 Å². The Morgan fingerprint density at radius 1 is 1.11 bits per heavy atom. The third kappa shape index (κ3) is 4.57. The molecule has 2 aromatic rings. The molecule has 0 spiro atoms. The Balaban J connectivity index is 1.72. The lowest BCUT2D eigenvalue weighted by molar-refractivity contribution is 0.0937. The molecule has 6 heteroatoms. The van der Waals surface area contributed by atoms with Crippen molar-refractivity contribution in [2.75, 3.05) is 33.9 Å². The Bertz CT molecular complexity index is 773. The standard InChI is InChI=1S/C21H25FN2O3/c1-26-17-8-5-15(6-9-17)19(24-11-3-4-12-24)14-23-21(25)16-7-10-20(27-2)18(22)13-16/h5-10,13,19H,3-4,11-12,14H2,1-2H3,(H,23,25). The predicted octanol–water partition coefficient (Wildman–Crippen LogP) is 3.41. The maximum atomic E-state index is 13.9. The SMILES string of the molecule is COc1ccc(C(CNC(=O)c2ccc(OC)c(F)c2)N2CCCC2)cc1. The van der Waals surface area contributed by atoms with Crippen molar-refractivity contribution in [1.29, 1.82) is 0 Å². The Kier molecular flexibility index (Phi) is 6.29. The first-order chi connectivity index (χ1) is 13.1. The highest BCUT2D eigenvalue weighted by Crippen LogP contribution is 2.26. The highest BCUT2D eigenvalue weighted by Gasteiger charge is 2.24. The lowest BCUT2D eigenvalue weighted by atomic mass is 10.0. The van der Waals surface area contributed by atoms with Crippen LogP contribution in [0.1, 0.15) is 34.8 Å². The average molecular weight is 372 g/mol. The number of methoxy groups -OCH3 is 2. The number of benzene rings is 2. The summed E-state index contributed by atoms with van der Waals surface area (Å²) in [6, 6.07) is 12.2. The minimum Gasteiger partial charge on any atom is -0.497 e. The minimum atomic E-state index is -0.545. The predicted molar refractivity (Wildman–Crippen MR) is 102 cm³/mol. The largest absolute Gasteiger partial charge is 0.497 e. The fourth-order valence-electron chi connectivity index (χ4n) is 3.44. The molecule has 1 fully saturated rings. The molecule has 1 atom stereocenters. The van der Waals surface area contributed by atoms with Crippen LogP contribution in [-0.2, 0) is 0 Å². The van der Waals surface area contributed by atoms with Crippen molar-refractivity contribution in [1.82, 2.24) is 10.2 Å². The van der Waals surface area contributed by atoms with Gasteiger partial charge >= 0.3 is 0 Å². The number of carbonyl (C=O) groups excluding carboxylic acids is 1. The monoisotopic (exact) mass is 372 g/mol. The van der Waals surface area contributed by atoms with Crippen LogP contribution in [0.4, 0.5) is 4.39 Å². The fraction of sp³-hybridized carbons (Fsp3) is 0.381. The van der Waals surface area contributed by atoms with Crippen molar-refractivity contribution in [3.8, 4) is 11.5 Å². The lowest BCUT2D eigenvalue weighted by Crippen LogP contribution is -2.36. The molecule has 0 aliphatic carbocycles. The van der Waals surface area contributed by atoms with Crippen LogP contribution in [0.25, 0.3) is 0 Å². The number of likely N-dealkylation sites (tertiary alicyclic amines) is 1. The fourth-order valence-corrected chi connectivity index (χ4v) is 3.44. The Hall–Kier alpha value is -2.60. The number of halogens is 1. The summed E-state index contributed by atoms with van der Waals surface area (Å²) in [7, 11) is 3.04. The van der Waals surface area contributed by atoms with Crippen molar-refractivity contribution in [2.24, 2.45) is 0 Å². The second-order valence-electron chi connectivity index (χ2n) is 6.59. The quantitative estimate of drug-likeness (QED) is 0.809. The molecule has 144 valence electrons. The molecule has 1 aliphatic rings. The second kappa shape index (κ2) is 8.86. The lowest BCUT2D eigenvalue weighted by Gasteiger charge is -2.28. The summed E-state index contributed by atoms with van der Waals surface area (Å²) in [6.45, 7) is 2.46. The van der Waals surface area contributed by atoms with E-state index < -0.39 is 5.82 Å². The Morgan fingerprint density at radius 2 is 1.81 bits per heavy atom. The average Bonchev–Trinajstić information content (AvgIpc) is 3.23. The van der Waals surface area contributed by atoms with Crippen LogP contribution >= 0.6 is 0 Å². The van der Waals surface area contributed by atoms with Crippen LogP contribution in [0.2, 0.25) is 0 Å². The molecule has 1 saturated heterocycles. The van der Waals surface area contributed by atoms with Crippen LogP contribution in [0, 0.1) is 5.82 Å². The van der Waals surface area contributed by atoms with E-state index in [4.69, 9.17) is 9.47 Å². The van der Waals surface area contributed by atoms with E-state index >= 15 is 0 Å². The molecule has 1 unspecified atom stereocenters. The molecule has 0 bridgehead atoms. The minimum absolute atomic E-state index is 0.0745. The molecule has 1 heterocycles. The van der Waals surface area contributed by atoms with Gasteiger partial charge in [-0.2, -0.15) is 0 Å². The molecule has 2 aromatic carbocycles.